The predicted octanol–water partition coefficient (Wildman–Crippen LogP) is 12.2. The minimum Gasteiger partial charge on any atom is -0.451 e. The molecule has 2 aromatic heterocycles. The summed E-state index contributed by atoms with van der Waals surface area (Å²) in [7, 11) is 0. The molecule has 56 heavy (non-hydrogen) atoms. The van der Waals surface area contributed by atoms with E-state index >= 15 is 0 Å². The third-order valence-electron chi connectivity index (χ3n) is 9.40. The fraction of sp³-hybridized carbons (Fsp3) is 0.0400. The third kappa shape index (κ3) is 8.05. The highest BCUT2D eigenvalue weighted by molar-refractivity contribution is 6.24. The first-order chi connectivity index (χ1) is 27.3. The van der Waals surface area contributed by atoms with Gasteiger partial charge in [-0.15, -0.1) is 0 Å². The van der Waals surface area contributed by atoms with Gasteiger partial charge in [0, 0.05) is 44.1 Å². The Labute approximate surface area is 326 Å². The molecular formula is C50H42N4O2. The van der Waals surface area contributed by atoms with Gasteiger partial charge in [0.25, 0.3) is 0 Å². The van der Waals surface area contributed by atoms with Crippen LogP contribution in [0.25, 0.3) is 55.3 Å². The Kier molecular flexibility index (Phi) is 11.0. The molecule has 274 valence electrons. The van der Waals surface area contributed by atoms with E-state index in [1.54, 1.807) is 12.2 Å². The highest BCUT2D eigenvalue weighted by Gasteiger charge is 2.20. The fourth-order valence-corrected chi connectivity index (χ4v) is 6.50. The molecule has 9 rings (SSSR count). The number of rotatable bonds is 6. The first-order valence-electron chi connectivity index (χ1n) is 18.3. The molecule has 6 nitrogen and oxygen atoms in total. The Morgan fingerprint density at radius 3 is 1.25 bits per heavy atom. The van der Waals surface area contributed by atoms with Crippen LogP contribution in [0.3, 0.4) is 0 Å². The Hall–Kier alpha value is -7.44. The number of nitrogens with two attached hydrogens (primary N) is 2. The predicted molar refractivity (Wildman–Crippen MR) is 234 cm³/mol. The van der Waals surface area contributed by atoms with Crippen molar-refractivity contribution in [2.75, 3.05) is 0 Å². The van der Waals surface area contributed by atoms with Crippen molar-refractivity contribution < 1.29 is 8.83 Å². The molecule has 0 saturated heterocycles. The summed E-state index contributed by atoms with van der Waals surface area (Å²) in [6, 6.07) is 55.2. The molecule has 0 aliphatic rings. The van der Waals surface area contributed by atoms with Crippen LogP contribution in [-0.2, 0) is 0 Å². The molecule has 0 aliphatic heterocycles. The van der Waals surface area contributed by atoms with Gasteiger partial charge in [-0.25, -0.2) is 0 Å². The van der Waals surface area contributed by atoms with Crippen molar-refractivity contribution in [1.82, 2.24) is 0 Å². The zero-order chi connectivity index (χ0) is 39.0. The second-order valence-corrected chi connectivity index (χ2v) is 13.5. The zero-order valence-corrected chi connectivity index (χ0v) is 31.3. The summed E-state index contributed by atoms with van der Waals surface area (Å²) < 4.78 is 13.0. The number of fused-ring (bicyclic) bond motifs is 7. The highest BCUT2D eigenvalue weighted by Crippen LogP contribution is 2.41. The number of aryl methyl sites for hydroxylation is 2. The molecule has 0 radical (unpaired) electrons. The van der Waals surface area contributed by atoms with Gasteiger partial charge in [0.2, 0.25) is 0 Å². The van der Waals surface area contributed by atoms with E-state index in [0.29, 0.717) is 50.6 Å². The summed E-state index contributed by atoms with van der Waals surface area (Å²) >= 11 is 0. The molecular weight excluding hydrogens is 689 g/mol. The maximum absolute atomic E-state index is 8.83. The second kappa shape index (κ2) is 16.7. The summed E-state index contributed by atoms with van der Waals surface area (Å²) in [5.41, 5.74) is 22.4. The molecule has 0 atom stereocenters. The van der Waals surface area contributed by atoms with Gasteiger partial charge >= 0.3 is 0 Å². The lowest BCUT2D eigenvalue weighted by atomic mass is 10.0. The molecule has 7 aromatic carbocycles. The minimum atomic E-state index is 0.253. The molecule has 0 fully saturated rings. The molecule has 2 heterocycles. The summed E-state index contributed by atoms with van der Waals surface area (Å²) in [6.07, 6.45) is 3.31. The van der Waals surface area contributed by atoms with Crippen LogP contribution in [0.1, 0.15) is 33.4 Å². The van der Waals surface area contributed by atoms with Gasteiger partial charge in [-0.2, -0.15) is 0 Å². The van der Waals surface area contributed by atoms with Gasteiger partial charge in [0.15, 0.2) is 11.2 Å². The smallest absolute Gasteiger partial charge is 0.178 e. The molecule has 0 amide bonds. The number of furan rings is 2. The van der Waals surface area contributed by atoms with Crippen molar-refractivity contribution in [3.8, 4) is 0 Å². The first kappa shape index (κ1) is 36.9. The fourth-order valence-electron chi connectivity index (χ4n) is 6.50. The Morgan fingerprint density at radius 2 is 0.786 bits per heavy atom. The van der Waals surface area contributed by atoms with Crippen LogP contribution < -0.4 is 11.5 Å². The molecule has 0 saturated carbocycles. The lowest BCUT2D eigenvalue weighted by Gasteiger charge is -2.04. The van der Waals surface area contributed by atoms with E-state index in [2.05, 4.69) is 38.1 Å². The number of nitrogens with one attached hydrogen (secondary N) is 2. The van der Waals surface area contributed by atoms with E-state index in [0.717, 1.165) is 32.7 Å². The van der Waals surface area contributed by atoms with Crippen LogP contribution in [0.5, 0.6) is 0 Å². The Bertz CT molecular complexity index is 2810. The van der Waals surface area contributed by atoms with E-state index in [1.807, 2.05) is 146 Å². The van der Waals surface area contributed by atoms with Crippen molar-refractivity contribution in [3.63, 3.8) is 0 Å². The lowest BCUT2D eigenvalue weighted by molar-refractivity contribution is 0.632. The Balaban J connectivity index is 0.000000288. The second-order valence-electron chi connectivity index (χ2n) is 13.5. The van der Waals surface area contributed by atoms with Crippen molar-refractivity contribution in [2.24, 2.45) is 11.5 Å². The van der Waals surface area contributed by atoms with Gasteiger partial charge in [0.05, 0.1) is 11.4 Å². The van der Waals surface area contributed by atoms with E-state index in [4.69, 9.17) is 31.1 Å². The van der Waals surface area contributed by atoms with Gasteiger partial charge in [0.1, 0.15) is 11.2 Å². The molecule has 0 unspecified atom stereocenters. The SMILES string of the molecule is Cc1ccccc1.Cc1ccccc1.N=C(/C=C(\N)c1cccc2c1oc1c2ccc2c3cccc(C(=N)/C=C(\N)c4ccccc4)c3oc21)c1ccccc1. The van der Waals surface area contributed by atoms with Gasteiger partial charge in [-0.05, 0) is 61.4 Å². The standard InChI is InChI=1S/C36H26N4O2.2C7H8/c37-29(21-9-3-1-4-10-21)19-31(39)27-15-7-13-23-25-17-18-26-24-14-8-16-28(34(24)42-36(26)35(25)41-33(23)27)32(40)20-30(38)22-11-5-2-6-12-22;2*1-7-5-3-2-4-6-7/h1-20,37,40H,38-39H2;2*2-6H,1H3/b30-20-,31-19-,37-29?,40-32?;;. The van der Waals surface area contributed by atoms with Crippen molar-refractivity contribution in [1.29, 1.82) is 10.8 Å². The number of hydrogen-bond acceptors (Lipinski definition) is 6. The van der Waals surface area contributed by atoms with E-state index in [-0.39, 0.29) is 5.71 Å². The topological polar surface area (TPSA) is 126 Å². The molecule has 6 N–H and O–H groups in total. The van der Waals surface area contributed by atoms with E-state index < -0.39 is 0 Å². The summed E-state index contributed by atoms with van der Waals surface area (Å²) in [4.78, 5) is 0. The average molecular weight is 731 g/mol. The maximum Gasteiger partial charge on any atom is 0.178 e. The maximum atomic E-state index is 8.83. The normalized spacial score (nSPS) is 11.5. The molecule has 0 spiro atoms. The van der Waals surface area contributed by atoms with E-state index in [1.165, 1.54) is 11.1 Å². The van der Waals surface area contributed by atoms with E-state index in [9.17, 15) is 0 Å². The van der Waals surface area contributed by atoms with Gasteiger partial charge in [-0.3, -0.25) is 0 Å². The van der Waals surface area contributed by atoms with Crippen LogP contribution in [0.4, 0.5) is 0 Å². The summed E-state index contributed by atoms with van der Waals surface area (Å²) in [6.45, 7) is 4.17. The van der Waals surface area contributed by atoms with Crippen molar-refractivity contribution in [2.45, 2.75) is 13.8 Å². The van der Waals surface area contributed by atoms with Crippen LogP contribution in [-0.4, -0.2) is 11.4 Å². The molecule has 0 bridgehead atoms. The number of hydrogen-bond donors (Lipinski definition) is 4. The molecule has 6 heteroatoms. The van der Waals surface area contributed by atoms with Crippen LogP contribution >= 0.6 is 0 Å². The van der Waals surface area contributed by atoms with Crippen LogP contribution in [0, 0.1) is 24.7 Å². The zero-order valence-electron chi connectivity index (χ0n) is 31.3. The Morgan fingerprint density at radius 1 is 0.393 bits per heavy atom. The summed E-state index contributed by atoms with van der Waals surface area (Å²) in [5.74, 6) is 0. The van der Waals surface area contributed by atoms with Crippen LogP contribution in [0.2, 0.25) is 0 Å². The molecule has 9 aromatic rings. The van der Waals surface area contributed by atoms with Gasteiger partial charge < -0.3 is 31.1 Å². The average Bonchev–Trinajstić information content (AvgIpc) is 3.81. The van der Waals surface area contributed by atoms with Crippen molar-refractivity contribution >= 4 is 66.7 Å². The van der Waals surface area contributed by atoms with Crippen LogP contribution in [0.15, 0.2) is 191 Å². The largest absolute Gasteiger partial charge is 0.451 e. The quantitative estimate of drug-likeness (QED) is 0.127. The number of allylic oxidation sites excluding steroid dienone is 2. The van der Waals surface area contributed by atoms with Gasteiger partial charge in [-0.1, -0.05) is 157 Å². The third-order valence-corrected chi connectivity index (χ3v) is 9.40. The lowest BCUT2D eigenvalue weighted by Crippen LogP contribution is -2.02. The van der Waals surface area contributed by atoms with Crippen molar-refractivity contribution in [3.05, 3.63) is 215 Å². The first-order valence-corrected chi connectivity index (χ1v) is 18.3. The molecule has 0 aliphatic carbocycles. The number of benzene rings is 7. The highest BCUT2D eigenvalue weighted by atomic mass is 16.4. The summed E-state index contributed by atoms with van der Waals surface area (Å²) in [5, 5.41) is 20.9. The number of para-hydroxylation sites is 2. The minimum absolute atomic E-state index is 0.253. The monoisotopic (exact) mass is 730 g/mol.